The molecule has 0 saturated carbocycles. The zero-order chi connectivity index (χ0) is 12.1. The third-order valence-electron chi connectivity index (χ3n) is 2.46. The zero-order valence-electron chi connectivity index (χ0n) is 9.40. The number of hydrogen-bond acceptors (Lipinski definition) is 2. The molecule has 0 aliphatic heterocycles. The van der Waals surface area contributed by atoms with E-state index in [4.69, 9.17) is 22.1 Å². The van der Waals surface area contributed by atoms with Crippen LogP contribution in [0.1, 0.15) is 11.1 Å². The molecule has 2 rings (SSSR count). The van der Waals surface area contributed by atoms with Gasteiger partial charge in [0.05, 0.1) is 0 Å². The van der Waals surface area contributed by atoms with Crippen molar-refractivity contribution in [3.05, 3.63) is 64.7 Å². The van der Waals surface area contributed by atoms with Gasteiger partial charge in [0.2, 0.25) is 0 Å². The highest BCUT2D eigenvalue weighted by Gasteiger charge is 1.97. The Labute approximate surface area is 106 Å². The van der Waals surface area contributed by atoms with Gasteiger partial charge in [0.15, 0.2) is 0 Å². The fraction of sp³-hybridized carbons (Fsp3) is 0.143. The van der Waals surface area contributed by atoms with E-state index in [1.807, 2.05) is 42.5 Å². The lowest BCUT2D eigenvalue weighted by molar-refractivity contribution is 0.306. The Morgan fingerprint density at radius 2 is 1.71 bits per heavy atom. The highest BCUT2D eigenvalue weighted by molar-refractivity contribution is 6.30. The van der Waals surface area contributed by atoms with Crippen LogP contribution in [-0.4, -0.2) is 0 Å². The fourth-order valence-corrected chi connectivity index (χ4v) is 1.68. The largest absolute Gasteiger partial charge is 0.489 e. The van der Waals surface area contributed by atoms with E-state index in [1.165, 1.54) is 0 Å². The summed E-state index contributed by atoms with van der Waals surface area (Å²) in [6.45, 7) is 1.10. The highest BCUT2D eigenvalue weighted by Crippen LogP contribution is 2.18. The Morgan fingerprint density at radius 3 is 2.35 bits per heavy atom. The maximum atomic E-state index is 5.87. The first-order valence-electron chi connectivity index (χ1n) is 5.44. The fourth-order valence-electron chi connectivity index (χ4n) is 1.50. The molecule has 0 fully saturated rings. The van der Waals surface area contributed by atoms with Crippen molar-refractivity contribution in [2.75, 3.05) is 0 Å². The normalized spacial score (nSPS) is 10.2. The number of hydrogen-bond donors (Lipinski definition) is 1. The molecule has 0 radical (unpaired) electrons. The third-order valence-corrected chi connectivity index (χ3v) is 2.70. The summed E-state index contributed by atoms with van der Waals surface area (Å²) < 4.78 is 5.63. The molecule has 2 nitrogen and oxygen atoms in total. The molecule has 0 aliphatic carbocycles. The molecule has 0 unspecified atom stereocenters. The standard InChI is InChI=1S/C14H14ClNO/c15-13-2-1-3-14(8-13)17-10-12-6-4-11(9-16)5-7-12/h1-8H,9-10,16H2. The topological polar surface area (TPSA) is 35.2 Å². The summed E-state index contributed by atoms with van der Waals surface area (Å²) in [6.07, 6.45) is 0. The first-order valence-corrected chi connectivity index (χ1v) is 5.82. The number of benzene rings is 2. The van der Waals surface area contributed by atoms with Crippen LogP contribution in [0.5, 0.6) is 5.75 Å². The van der Waals surface area contributed by atoms with Gasteiger partial charge in [-0.05, 0) is 29.3 Å². The summed E-state index contributed by atoms with van der Waals surface area (Å²) in [7, 11) is 0. The number of nitrogens with two attached hydrogens (primary N) is 1. The van der Waals surface area contributed by atoms with Gasteiger partial charge in [-0.25, -0.2) is 0 Å². The first-order chi connectivity index (χ1) is 8.28. The molecule has 0 bridgehead atoms. The van der Waals surface area contributed by atoms with Crippen molar-refractivity contribution in [2.24, 2.45) is 5.73 Å². The Kier molecular flexibility index (Phi) is 4.02. The second-order valence-corrected chi connectivity index (χ2v) is 4.20. The maximum absolute atomic E-state index is 5.87. The van der Waals surface area contributed by atoms with Crippen LogP contribution in [0.15, 0.2) is 48.5 Å². The Balaban J connectivity index is 1.97. The SMILES string of the molecule is NCc1ccc(COc2cccc(Cl)c2)cc1. The van der Waals surface area contributed by atoms with Crippen molar-refractivity contribution >= 4 is 11.6 Å². The number of ether oxygens (including phenoxy) is 1. The molecular formula is C14H14ClNO. The van der Waals surface area contributed by atoms with Crippen molar-refractivity contribution in [1.29, 1.82) is 0 Å². The number of halogens is 1. The molecule has 2 aromatic carbocycles. The lowest BCUT2D eigenvalue weighted by atomic mass is 10.1. The van der Waals surface area contributed by atoms with Crippen molar-refractivity contribution in [2.45, 2.75) is 13.2 Å². The van der Waals surface area contributed by atoms with Gasteiger partial charge in [0, 0.05) is 11.6 Å². The monoisotopic (exact) mass is 247 g/mol. The van der Waals surface area contributed by atoms with E-state index >= 15 is 0 Å². The average Bonchev–Trinajstić information content (AvgIpc) is 2.37. The molecule has 0 aliphatic rings. The van der Waals surface area contributed by atoms with Crippen LogP contribution < -0.4 is 10.5 Å². The molecule has 0 atom stereocenters. The van der Waals surface area contributed by atoms with E-state index in [0.717, 1.165) is 16.9 Å². The van der Waals surface area contributed by atoms with Gasteiger partial charge in [-0.15, -0.1) is 0 Å². The van der Waals surface area contributed by atoms with Crippen LogP contribution in [0.25, 0.3) is 0 Å². The third kappa shape index (κ3) is 3.48. The molecule has 2 aromatic rings. The molecule has 3 heteroatoms. The Hall–Kier alpha value is -1.51. The van der Waals surface area contributed by atoms with E-state index < -0.39 is 0 Å². The van der Waals surface area contributed by atoms with Gasteiger partial charge in [-0.2, -0.15) is 0 Å². The van der Waals surface area contributed by atoms with E-state index in [1.54, 1.807) is 6.07 Å². The minimum atomic E-state index is 0.533. The van der Waals surface area contributed by atoms with Crippen molar-refractivity contribution in [3.63, 3.8) is 0 Å². The van der Waals surface area contributed by atoms with Crippen LogP contribution in [0, 0.1) is 0 Å². The van der Waals surface area contributed by atoms with Crippen LogP contribution in [0.4, 0.5) is 0 Å². The van der Waals surface area contributed by atoms with Gasteiger partial charge in [0.25, 0.3) is 0 Å². The predicted octanol–water partition coefficient (Wildman–Crippen LogP) is 3.38. The van der Waals surface area contributed by atoms with E-state index in [0.29, 0.717) is 18.2 Å². The second kappa shape index (κ2) is 5.71. The summed E-state index contributed by atoms with van der Waals surface area (Å²) >= 11 is 5.87. The van der Waals surface area contributed by atoms with Gasteiger partial charge in [-0.3, -0.25) is 0 Å². The molecule has 88 valence electrons. The number of rotatable bonds is 4. The molecule has 0 aromatic heterocycles. The van der Waals surface area contributed by atoms with Crippen LogP contribution in [0.3, 0.4) is 0 Å². The highest BCUT2D eigenvalue weighted by atomic mass is 35.5. The average molecular weight is 248 g/mol. The molecular weight excluding hydrogens is 234 g/mol. The predicted molar refractivity (Wildman–Crippen MR) is 70.1 cm³/mol. The van der Waals surface area contributed by atoms with E-state index in [2.05, 4.69) is 0 Å². The summed E-state index contributed by atoms with van der Waals surface area (Å²) in [5, 5.41) is 0.681. The molecule has 0 spiro atoms. The van der Waals surface area contributed by atoms with E-state index in [9.17, 15) is 0 Å². The zero-order valence-corrected chi connectivity index (χ0v) is 10.2. The first kappa shape index (κ1) is 12.0. The Bertz CT molecular complexity index is 482. The molecule has 0 heterocycles. The van der Waals surface area contributed by atoms with Crippen LogP contribution in [-0.2, 0) is 13.2 Å². The lowest BCUT2D eigenvalue weighted by Crippen LogP contribution is -1.98. The van der Waals surface area contributed by atoms with Crippen LogP contribution in [0.2, 0.25) is 5.02 Å². The van der Waals surface area contributed by atoms with Gasteiger partial charge < -0.3 is 10.5 Å². The molecule has 2 N–H and O–H groups in total. The quantitative estimate of drug-likeness (QED) is 0.899. The summed E-state index contributed by atoms with van der Waals surface area (Å²) in [4.78, 5) is 0. The molecule has 0 saturated heterocycles. The summed E-state index contributed by atoms with van der Waals surface area (Å²) in [5.74, 6) is 0.778. The van der Waals surface area contributed by atoms with Gasteiger partial charge in [-0.1, -0.05) is 41.9 Å². The minimum absolute atomic E-state index is 0.533. The summed E-state index contributed by atoms with van der Waals surface area (Å²) in [6, 6.07) is 15.4. The molecule has 0 amide bonds. The van der Waals surface area contributed by atoms with Gasteiger partial charge >= 0.3 is 0 Å². The summed E-state index contributed by atoms with van der Waals surface area (Å²) in [5.41, 5.74) is 7.77. The van der Waals surface area contributed by atoms with Gasteiger partial charge in [0.1, 0.15) is 12.4 Å². The smallest absolute Gasteiger partial charge is 0.121 e. The molecule has 17 heavy (non-hydrogen) atoms. The van der Waals surface area contributed by atoms with Crippen LogP contribution >= 0.6 is 11.6 Å². The second-order valence-electron chi connectivity index (χ2n) is 3.77. The Morgan fingerprint density at radius 1 is 1.00 bits per heavy atom. The maximum Gasteiger partial charge on any atom is 0.121 e. The van der Waals surface area contributed by atoms with Crippen molar-refractivity contribution < 1.29 is 4.74 Å². The van der Waals surface area contributed by atoms with E-state index in [-0.39, 0.29) is 0 Å². The minimum Gasteiger partial charge on any atom is -0.489 e. The lowest BCUT2D eigenvalue weighted by Gasteiger charge is -2.07. The van der Waals surface area contributed by atoms with Crippen molar-refractivity contribution in [1.82, 2.24) is 0 Å². The van der Waals surface area contributed by atoms with Crippen molar-refractivity contribution in [3.8, 4) is 5.75 Å².